The third-order valence-corrected chi connectivity index (χ3v) is 4.61. The van der Waals surface area contributed by atoms with Gasteiger partial charge in [-0.2, -0.15) is 0 Å². The molecule has 0 bridgehead atoms. The standard InChI is InChI=1S/C13H16N4O4S/c1-3-21-8(18)7-17-11(19)9-10(15(2)13(17)20)14-12-16(9)5-4-6-22-12/h3-7H2,1-2H3. The van der Waals surface area contributed by atoms with E-state index in [1.54, 1.807) is 25.7 Å². The van der Waals surface area contributed by atoms with Crippen LogP contribution in [0.5, 0.6) is 0 Å². The maximum Gasteiger partial charge on any atom is 0.333 e. The zero-order chi connectivity index (χ0) is 15.9. The van der Waals surface area contributed by atoms with Gasteiger partial charge < -0.3 is 9.30 Å². The Kier molecular flexibility index (Phi) is 3.81. The average Bonchev–Trinajstić information content (AvgIpc) is 2.89. The Morgan fingerprint density at radius 3 is 2.91 bits per heavy atom. The molecule has 0 saturated carbocycles. The molecule has 118 valence electrons. The van der Waals surface area contributed by atoms with Gasteiger partial charge in [-0.05, 0) is 13.3 Å². The summed E-state index contributed by atoms with van der Waals surface area (Å²) in [6.07, 6.45) is 0.934. The molecule has 2 aromatic heterocycles. The molecular formula is C13H16N4O4S. The summed E-state index contributed by atoms with van der Waals surface area (Å²) in [6, 6.07) is 0. The molecule has 0 fully saturated rings. The number of thioether (sulfide) groups is 1. The van der Waals surface area contributed by atoms with E-state index in [2.05, 4.69) is 4.98 Å². The fraction of sp³-hybridized carbons (Fsp3) is 0.538. The number of ether oxygens (including phenoxy) is 1. The molecule has 0 aromatic carbocycles. The number of rotatable bonds is 3. The van der Waals surface area contributed by atoms with Gasteiger partial charge in [-0.15, -0.1) is 0 Å². The van der Waals surface area contributed by atoms with E-state index >= 15 is 0 Å². The number of esters is 1. The summed E-state index contributed by atoms with van der Waals surface area (Å²) in [5.41, 5.74) is -0.327. The highest BCUT2D eigenvalue weighted by Crippen LogP contribution is 2.26. The van der Waals surface area contributed by atoms with Crippen LogP contribution in [0.25, 0.3) is 11.2 Å². The smallest absolute Gasteiger partial charge is 0.333 e. The Bertz CT molecular complexity index is 864. The molecule has 8 nitrogen and oxygen atoms in total. The molecule has 0 N–H and O–H groups in total. The first-order chi connectivity index (χ1) is 10.5. The van der Waals surface area contributed by atoms with Gasteiger partial charge in [0, 0.05) is 19.3 Å². The van der Waals surface area contributed by atoms with Gasteiger partial charge in [0.2, 0.25) is 0 Å². The topological polar surface area (TPSA) is 88.1 Å². The summed E-state index contributed by atoms with van der Waals surface area (Å²) in [4.78, 5) is 41.0. The second kappa shape index (κ2) is 5.64. The molecule has 0 saturated heterocycles. The van der Waals surface area contributed by atoms with Crippen molar-refractivity contribution in [1.82, 2.24) is 18.7 Å². The summed E-state index contributed by atoms with van der Waals surface area (Å²) in [6.45, 7) is 2.18. The van der Waals surface area contributed by atoms with Gasteiger partial charge in [-0.3, -0.25) is 14.2 Å². The summed E-state index contributed by atoms with van der Waals surface area (Å²) >= 11 is 1.56. The maximum absolute atomic E-state index is 12.6. The molecule has 0 atom stereocenters. The zero-order valence-electron chi connectivity index (χ0n) is 12.4. The van der Waals surface area contributed by atoms with Gasteiger partial charge in [0.15, 0.2) is 16.3 Å². The van der Waals surface area contributed by atoms with Gasteiger partial charge in [0.05, 0.1) is 6.61 Å². The van der Waals surface area contributed by atoms with Gasteiger partial charge in [-0.25, -0.2) is 14.3 Å². The van der Waals surface area contributed by atoms with Gasteiger partial charge in [-0.1, -0.05) is 11.8 Å². The molecule has 3 rings (SSSR count). The van der Waals surface area contributed by atoms with E-state index in [0.29, 0.717) is 17.7 Å². The predicted molar refractivity (Wildman–Crippen MR) is 81.2 cm³/mol. The van der Waals surface area contributed by atoms with Crippen LogP contribution < -0.4 is 11.2 Å². The first-order valence-electron chi connectivity index (χ1n) is 7.03. The third kappa shape index (κ3) is 2.25. The zero-order valence-corrected chi connectivity index (χ0v) is 13.2. The molecule has 0 amide bonds. The summed E-state index contributed by atoms with van der Waals surface area (Å²) in [7, 11) is 1.55. The number of fused-ring (bicyclic) bond motifs is 3. The first-order valence-corrected chi connectivity index (χ1v) is 8.01. The quantitative estimate of drug-likeness (QED) is 0.736. The lowest BCUT2D eigenvalue weighted by atomic mass is 10.4. The number of hydrogen-bond acceptors (Lipinski definition) is 6. The lowest BCUT2D eigenvalue weighted by Gasteiger charge is -2.13. The van der Waals surface area contributed by atoms with Crippen LogP contribution in [0.4, 0.5) is 0 Å². The fourth-order valence-corrected chi connectivity index (χ4v) is 3.48. The largest absolute Gasteiger partial charge is 0.465 e. The lowest BCUT2D eigenvalue weighted by Crippen LogP contribution is -2.41. The van der Waals surface area contributed by atoms with Crippen molar-refractivity contribution in [3.05, 3.63) is 20.8 Å². The van der Waals surface area contributed by atoms with Crippen LogP contribution in [0.3, 0.4) is 0 Å². The van der Waals surface area contributed by atoms with E-state index in [1.165, 1.54) is 4.57 Å². The Labute approximate surface area is 129 Å². The molecule has 0 unspecified atom stereocenters. The van der Waals surface area contributed by atoms with Crippen LogP contribution in [0, 0.1) is 0 Å². The second-order valence-electron chi connectivity index (χ2n) is 4.96. The van der Waals surface area contributed by atoms with Crippen molar-refractivity contribution in [3.63, 3.8) is 0 Å². The maximum atomic E-state index is 12.6. The van der Waals surface area contributed by atoms with Crippen molar-refractivity contribution in [2.75, 3.05) is 12.4 Å². The van der Waals surface area contributed by atoms with Crippen molar-refractivity contribution in [2.45, 2.75) is 31.6 Å². The van der Waals surface area contributed by atoms with Crippen molar-refractivity contribution >= 4 is 28.9 Å². The Hall–Kier alpha value is -2.03. The lowest BCUT2D eigenvalue weighted by molar-refractivity contribution is -0.143. The van der Waals surface area contributed by atoms with Crippen LogP contribution in [-0.4, -0.2) is 37.0 Å². The molecule has 3 heterocycles. The highest BCUT2D eigenvalue weighted by Gasteiger charge is 2.23. The third-order valence-electron chi connectivity index (χ3n) is 3.55. The SMILES string of the molecule is CCOC(=O)Cn1c(=O)c2c(nc3n2CCCS3)n(C)c1=O. The highest BCUT2D eigenvalue weighted by molar-refractivity contribution is 7.99. The van der Waals surface area contributed by atoms with E-state index in [0.717, 1.165) is 21.9 Å². The Balaban J connectivity index is 2.24. The van der Waals surface area contributed by atoms with Crippen LogP contribution in [0.15, 0.2) is 14.7 Å². The van der Waals surface area contributed by atoms with Crippen LogP contribution >= 0.6 is 11.8 Å². The minimum absolute atomic E-state index is 0.203. The molecule has 2 aromatic rings. The molecule has 0 spiro atoms. The normalized spacial score (nSPS) is 14.1. The van der Waals surface area contributed by atoms with Crippen LogP contribution in [-0.2, 0) is 29.7 Å². The number of aromatic nitrogens is 4. The van der Waals surface area contributed by atoms with Crippen molar-refractivity contribution in [2.24, 2.45) is 7.05 Å². The molecule has 22 heavy (non-hydrogen) atoms. The number of hydrogen-bond donors (Lipinski definition) is 0. The van der Waals surface area contributed by atoms with Gasteiger partial charge in [0.25, 0.3) is 5.56 Å². The fourth-order valence-electron chi connectivity index (χ4n) is 2.53. The minimum atomic E-state index is -0.603. The number of carbonyl (C=O) groups is 1. The van der Waals surface area contributed by atoms with Crippen LogP contribution in [0.1, 0.15) is 13.3 Å². The number of imidazole rings is 1. The van der Waals surface area contributed by atoms with Crippen molar-refractivity contribution in [1.29, 1.82) is 0 Å². The molecule has 0 aliphatic carbocycles. The van der Waals surface area contributed by atoms with Gasteiger partial charge >= 0.3 is 11.7 Å². The minimum Gasteiger partial charge on any atom is -0.465 e. The second-order valence-corrected chi connectivity index (χ2v) is 6.02. The molecule has 1 aliphatic heterocycles. The molecular weight excluding hydrogens is 308 g/mol. The van der Waals surface area contributed by atoms with Gasteiger partial charge in [0.1, 0.15) is 6.54 Å². The molecule has 1 aliphatic rings. The average molecular weight is 324 g/mol. The summed E-state index contributed by atoms with van der Waals surface area (Å²) < 4.78 is 8.87. The molecule has 9 heteroatoms. The van der Waals surface area contributed by atoms with Crippen molar-refractivity contribution in [3.8, 4) is 0 Å². The summed E-state index contributed by atoms with van der Waals surface area (Å²) in [5.74, 6) is 0.336. The number of nitrogens with zero attached hydrogens (tertiary/aromatic N) is 4. The number of carbonyl (C=O) groups excluding carboxylic acids is 1. The Morgan fingerprint density at radius 2 is 2.18 bits per heavy atom. The predicted octanol–water partition coefficient (Wildman–Crippen LogP) is -0.0444. The monoisotopic (exact) mass is 324 g/mol. The van der Waals surface area contributed by atoms with E-state index in [9.17, 15) is 14.4 Å². The van der Waals surface area contributed by atoms with E-state index in [1.807, 2.05) is 4.57 Å². The van der Waals surface area contributed by atoms with E-state index in [4.69, 9.17) is 4.74 Å². The Morgan fingerprint density at radius 1 is 1.41 bits per heavy atom. The van der Waals surface area contributed by atoms with E-state index in [-0.39, 0.29) is 13.2 Å². The summed E-state index contributed by atoms with van der Waals surface area (Å²) in [5, 5.41) is 0.738. The van der Waals surface area contributed by atoms with Crippen LogP contribution in [0.2, 0.25) is 0 Å². The van der Waals surface area contributed by atoms with E-state index < -0.39 is 17.2 Å². The number of aryl methyl sites for hydroxylation is 2. The first kappa shape index (κ1) is 14.9. The van der Waals surface area contributed by atoms with Crippen molar-refractivity contribution < 1.29 is 9.53 Å². The molecule has 0 radical (unpaired) electrons. The highest BCUT2D eigenvalue weighted by atomic mass is 32.2.